The second-order valence-corrected chi connectivity index (χ2v) is 7.81. The first-order chi connectivity index (χ1) is 12.2. The summed E-state index contributed by atoms with van der Waals surface area (Å²) in [4.78, 5) is 22.1. The molecule has 128 valence electrons. The first-order valence-corrected chi connectivity index (χ1v) is 9.73. The molecule has 1 aromatic heterocycles. The lowest BCUT2D eigenvalue weighted by atomic mass is 10.1. The lowest BCUT2D eigenvalue weighted by Crippen LogP contribution is -2.32. The van der Waals surface area contributed by atoms with E-state index in [-0.39, 0.29) is 5.91 Å². The van der Waals surface area contributed by atoms with E-state index in [9.17, 15) is 4.79 Å². The van der Waals surface area contributed by atoms with Gasteiger partial charge in [-0.05, 0) is 36.2 Å². The SMILES string of the molecule is O=C(c1ccc2nc[nH]c2c1)N1CCSC(c2ccccc2Cl)CC1. The van der Waals surface area contributed by atoms with Gasteiger partial charge in [0, 0.05) is 34.7 Å². The predicted octanol–water partition coefficient (Wildman–Crippen LogP) is 4.54. The number of carbonyl (C=O) groups is 1. The van der Waals surface area contributed by atoms with Gasteiger partial charge in [-0.15, -0.1) is 0 Å². The lowest BCUT2D eigenvalue weighted by Gasteiger charge is -2.20. The van der Waals surface area contributed by atoms with Crippen molar-refractivity contribution in [2.45, 2.75) is 11.7 Å². The molecule has 0 aliphatic carbocycles. The molecule has 2 heterocycles. The van der Waals surface area contributed by atoms with Crippen molar-refractivity contribution >= 4 is 40.3 Å². The standard InChI is InChI=1S/C19H18ClN3OS/c20-15-4-2-1-3-14(15)18-7-8-23(9-10-25-18)19(24)13-5-6-16-17(11-13)22-12-21-16/h1-6,11-12,18H,7-10H2,(H,21,22). The molecular weight excluding hydrogens is 354 g/mol. The second-order valence-electron chi connectivity index (χ2n) is 6.10. The number of aromatic nitrogens is 2. The van der Waals surface area contributed by atoms with E-state index in [1.807, 2.05) is 53.1 Å². The molecule has 0 bridgehead atoms. The van der Waals surface area contributed by atoms with Crippen LogP contribution >= 0.6 is 23.4 Å². The number of hydrogen-bond donors (Lipinski definition) is 1. The Balaban J connectivity index is 1.50. The number of benzene rings is 2. The largest absolute Gasteiger partial charge is 0.345 e. The van der Waals surface area contributed by atoms with Gasteiger partial charge in [-0.3, -0.25) is 4.79 Å². The van der Waals surface area contributed by atoms with E-state index < -0.39 is 0 Å². The van der Waals surface area contributed by atoms with Crippen molar-refractivity contribution in [3.8, 4) is 0 Å². The normalized spacial score (nSPS) is 18.3. The van der Waals surface area contributed by atoms with Gasteiger partial charge >= 0.3 is 0 Å². The van der Waals surface area contributed by atoms with Crippen LogP contribution in [0, 0.1) is 0 Å². The van der Waals surface area contributed by atoms with E-state index in [1.165, 1.54) is 5.56 Å². The minimum atomic E-state index is 0.0805. The third kappa shape index (κ3) is 3.39. The van der Waals surface area contributed by atoms with Crippen LogP contribution in [0.25, 0.3) is 11.0 Å². The molecule has 25 heavy (non-hydrogen) atoms. The molecule has 1 fully saturated rings. The molecule has 1 aliphatic heterocycles. The molecule has 4 nitrogen and oxygen atoms in total. The maximum Gasteiger partial charge on any atom is 0.253 e. The monoisotopic (exact) mass is 371 g/mol. The number of aromatic amines is 1. The van der Waals surface area contributed by atoms with Crippen LogP contribution < -0.4 is 0 Å². The van der Waals surface area contributed by atoms with Gasteiger partial charge in [-0.2, -0.15) is 11.8 Å². The van der Waals surface area contributed by atoms with Crippen molar-refractivity contribution in [1.29, 1.82) is 0 Å². The lowest BCUT2D eigenvalue weighted by molar-refractivity contribution is 0.0766. The molecule has 1 saturated heterocycles. The van der Waals surface area contributed by atoms with Crippen molar-refractivity contribution < 1.29 is 4.79 Å². The van der Waals surface area contributed by atoms with Crippen LogP contribution in [-0.4, -0.2) is 39.6 Å². The fourth-order valence-electron chi connectivity index (χ4n) is 3.21. The highest BCUT2D eigenvalue weighted by molar-refractivity contribution is 7.99. The molecule has 3 aromatic rings. The minimum absolute atomic E-state index is 0.0805. The van der Waals surface area contributed by atoms with Gasteiger partial charge < -0.3 is 9.88 Å². The fraction of sp³-hybridized carbons (Fsp3) is 0.263. The molecule has 1 atom stereocenters. The van der Waals surface area contributed by atoms with Crippen LogP contribution in [-0.2, 0) is 0 Å². The van der Waals surface area contributed by atoms with Gasteiger partial charge in [0.2, 0.25) is 0 Å². The maximum absolute atomic E-state index is 12.9. The predicted molar refractivity (Wildman–Crippen MR) is 103 cm³/mol. The van der Waals surface area contributed by atoms with Crippen molar-refractivity contribution in [3.63, 3.8) is 0 Å². The molecular formula is C19H18ClN3OS. The summed E-state index contributed by atoms with van der Waals surface area (Å²) >= 11 is 8.22. The number of halogens is 1. The molecule has 2 aromatic carbocycles. The molecule has 1 N–H and O–H groups in total. The molecule has 0 radical (unpaired) electrons. The third-order valence-corrected chi connectivity index (χ3v) is 6.20. The van der Waals surface area contributed by atoms with Crippen LogP contribution in [0.5, 0.6) is 0 Å². The Morgan fingerprint density at radius 3 is 3.00 bits per heavy atom. The molecule has 6 heteroatoms. The summed E-state index contributed by atoms with van der Waals surface area (Å²) in [5.74, 6) is 0.991. The number of nitrogens with zero attached hydrogens (tertiary/aromatic N) is 2. The first kappa shape index (κ1) is 16.5. The van der Waals surface area contributed by atoms with E-state index in [2.05, 4.69) is 16.0 Å². The Labute approximate surface area is 155 Å². The Kier molecular flexibility index (Phi) is 4.68. The maximum atomic E-state index is 12.9. The van der Waals surface area contributed by atoms with Gasteiger partial charge in [0.05, 0.1) is 17.4 Å². The summed E-state index contributed by atoms with van der Waals surface area (Å²) in [6.45, 7) is 1.49. The number of nitrogens with one attached hydrogen (secondary N) is 1. The number of carbonyl (C=O) groups excluding carboxylic acids is 1. The van der Waals surface area contributed by atoms with Gasteiger partial charge in [-0.25, -0.2) is 4.98 Å². The molecule has 1 unspecified atom stereocenters. The number of rotatable bonds is 2. The Hall–Kier alpha value is -1.98. The van der Waals surface area contributed by atoms with E-state index >= 15 is 0 Å². The molecule has 4 rings (SSSR count). The Bertz CT molecular complexity index is 910. The summed E-state index contributed by atoms with van der Waals surface area (Å²) < 4.78 is 0. The molecule has 1 aliphatic rings. The van der Waals surface area contributed by atoms with Crippen LogP contribution in [0.4, 0.5) is 0 Å². The average Bonchev–Trinajstić information content (AvgIpc) is 2.97. The van der Waals surface area contributed by atoms with Crippen LogP contribution in [0.1, 0.15) is 27.6 Å². The summed E-state index contributed by atoms with van der Waals surface area (Å²) in [5.41, 5.74) is 3.64. The summed E-state index contributed by atoms with van der Waals surface area (Å²) in [5, 5.41) is 1.14. The van der Waals surface area contributed by atoms with Gasteiger partial charge in [0.15, 0.2) is 0 Å². The number of hydrogen-bond acceptors (Lipinski definition) is 3. The Morgan fingerprint density at radius 1 is 1.24 bits per heavy atom. The highest BCUT2D eigenvalue weighted by Crippen LogP contribution is 2.38. The van der Waals surface area contributed by atoms with Crippen molar-refractivity contribution in [3.05, 3.63) is 64.9 Å². The van der Waals surface area contributed by atoms with Crippen LogP contribution in [0.3, 0.4) is 0 Å². The summed E-state index contributed by atoms with van der Waals surface area (Å²) in [6.07, 6.45) is 2.56. The Morgan fingerprint density at radius 2 is 2.12 bits per heavy atom. The van der Waals surface area contributed by atoms with Gasteiger partial charge in [0.1, 0.15) is 0 Å². The molecule has 0 spiro atoms. The summed E-state index contributed by atoms with van der Waals surface area (Å²) in [6, 6.07) is 13.6. The minimum Gasteiger partial charge on any atom is -0.345 e. The zero-order valence-corrected chi connectivity index (χ0v) is 15.2. The second kappa shape index (κ2) is 7.10. The van der Waals surface area contributed by atoms with E-state index in [1.54, 1.807) is 6.33 Å². The molecule has 1 amide bonds. The van der Waals surface area contributed by atoms with Gasteiger partial charge in [0.25, 0.3) is 5.91 Å². The van der Waals surface area contributed by atoms with E-state index in [4.69, 9.17) is 11.6 Å². The number of H-pyrrole nitrogens is 1. The van der Waals surface area contributed by atoms with E-state index in [0.717, 1.165) is 41.3 Å². The van der Waals surface area contributed by atoms with Crippen LogP contribution in [0.2, 0.25) is 5.02 Å². The van der Waals surface area contributed by atoms with Crippen molar-refractivity contribution in [2.24, 2.45) is 0 Å². The first-order valence-electron chi connectivity index (χ1n) is 8.31. The smallest absolute Gasteiger partial charge is 0.253 e. The van der Waals surface area contributed by atoms with Crippen molar-refractivity contribution in [1.82, 2.24) is 14.9 Å². The number of thioether (sulfide) groups is 1. The average molecular weight is 372 g/mol. The fourth-order valence-corrected chi connectivity index (χ4v) is 4.81. The summed E-state index contributed by atoms with van der Waals surface area (Å²) in [7, 11) is 0. The zero-order valence-electron chi connectivity index (χ0n) is 13.6. The highest BCUT2D eigenvalue weighted by atomic mass is 35.5. The third-order valence-electron chi connectivity index (χ3n) is 4.55. The zero-order chi connectivity index (χ0) is 17.2. The van der Waals surface area contributed by atoms with Crippen LogP contribution in [0.15, 0.2) is 48.8 Å². The topological polar surface area (TPSA) is 49.0 Å². The highest BCUT2D eigenvalue weighted by Gasteiger charge is 2.24. The number of imidazole rings is 1. The number of amides is 1. The van der Waals surface area contributed by atoms with Crippen molar-refractivity contribution in [2.75, 3.05) is 18.8 Å². The number of fused-ring (bicyclic) bond motifs is 1. The van der Waals surface area contributed by atoms with E-state index in [0.29, 0.717) is 10.8 Å². The van der Waals surface area contributed by atoms with Gasteiger partial charge in [-0.1, -0.05) is 29.8 Å². The quantitative estimate of drug-likeness (QED) is 0.719. The molecule has 0 saturated carbocycles.